The summed E-state index contributed by atoms with van der Waals surface area (Å²) in [5.74, 6) is -0.412. The Morgan fingerprint density at radius 3 is 2.76 bits per heavy atom. The molecular formula is C12H9ClN2O2. The van der Waals surface area contributed by atoms with Gasteiger partial charge in [-0.1, -0.05) is 23.7 Å². The maximum atomic E-state index is 11.8. The molecule has 0 aliphatic heterocycles. The van der Waals surface area contributed by atoms with Crippen molar-refractivity contribution in [3.05, 3.63) is 53.3 Å². The first-order chi connectivity index (χ1) is 8.18. The largest absolute Gasteiger partial charge is 0.506 e. The average molecular weight is 249 g/mol. The van der Waals surface area contributed by atoms with Crippen molar-refractivity contribution >= 4 is 23.2 Å². The molecule has 0 atom stereocenters. The highest BCUT2D eigenvalue weighted by atomic mass is 35.5. The van der Waals surface area contributed by atoms with Crippen molar-refractivity contribution in [2.75, 3.05) is 5.32 Å². The molecule has 2 N–H and O–H groups in total. The Kier molecular flexibility index (Phi) is 3.25. The molecular weight excluding hydrogens is 240 g/mol. The number of pyridine rings is 1. The first kappa shape index (κ1) is 11.4. The van der Waals surface area contributed by atoms with Gasteiger partial charge in [-0.2, -0.15) is 0 Å². The Bertz CT molecular complexity index is 558. The molecule has 0 aliphatic carbocycles. The zero-order chi connectivity index (χ0) is 12.3. The minimum Gasteiger partial charge on any atom is -0.506 e. The number of nitrogens with zero attached hydrogens (tertiary/aromatic N) is 1. The van der Waals surface area contributed by atoms with E-state index in [2.05, 4.69) is 10.3 Å². The lowest BCUT2D eigenvalue weighted by Gasteiger charge is -2.07. The predicted molar refractivity (Wildman–Crippen MR) is 65.3 cm³/mol. The van der Waals surface area contributed by atoms with Gasteiger partial charge in [0.1, 0.15) is 5.75 Å². The van der Waals surface area contributed by atoms with Crippen LogP contribution in [0.25, 0.3) is 0 Å². The van der Waals surface area contributed by atoms with E-state index in [0.29, 0.717) is 10.7 Å². The number of para-hydroxylation sites is 2. The van der Waals surface area contributed by atoms with Crippen molar-refractivity contribution in [2.24, 2.45) is 0 Å². The summed E-state index contributed by atoms with van der Waals surface area (Å²) in [5, 5.41) is 12.4. The molecule has 0 unspecified atom stereocenters. The maximum absolute atomic E-state index is 11.8. The number of phenols is 1. The highest BCUT2D eigenvalue weighted by molar-refractivity contribution is 6.34. The van der Waals surface area contributed by atoms with E-state index in [1.54, 1.807) is 18.2 Å². The Labute approximate surface area is 103 Å². The maximum Gasteiger partial charge on any atom is 0.258 e. The van der Waals surface area contributed by atoms with Crippen molar-refractivity contribution in [1.82, 2.24) is 4.98 Å². The predicted octanol–water partition coefficient (Wildman–Crippen LogP) is 2.69. The van der Waals surface area contributed by atoms with Crippen molar-refractivity contribution in [1.29, 1.82) is 0 Å². The monoisotopic (exact) mass is 248 g/mol. The van der Waals surface area contributed by atoms with Gasteiger partial charge in [-0.3, -0.25) is 9.78 Å². The molecule has 0 fully saturated rings. The Balaban J connectivity index is 2.24. The minimum atomic E-state index is -0.412. The van der Waals surface area contributed by atoms with E-state index in [1.165, 1.54) is 24.5 Å². The summed E-state index contributed by atoms with van der Waals surface area (Å²) in [7, 11) is 0. The van der Waals surface area contributed by atoms with E-state index in [0.717, 1.165) is 0 Å². The van der Waals surface area contributed by atoms with E-state index in [1.807, 2.05) is 0 Å². The molecule has 1 aromatic heterocycles. The zero-order valence-electron chi connectivity index (χ0n) is 8.72. The van der Waals surface area contributed by atoms with Gasteiger partial charge in [0, 0.05) is 12.4 Å². The quantitative estimate of drug-likeness (QED) is 0.804. The molecule has 4 nitrogen and oxygen atoms in total. The van der Waals surface area contributed by atoms with E-state index in [9.17, 15) is 9.90 Å². The minimum absolute atomic E-state index is 0.000799. The molecule has 1 aromatic carbocycles. The van der Waals surface area contributed by atoms with Gasteiger partial charge < -0.3 is 10.4 Å². The van der Waals surface area contributed by atoms with Crippen LogP contribution in [0.3, 0.4) is 0 Å². The molecule has 0 saturated heterocycles. The molecule has 2 aromatic rings. The summed E-state index contributed by atoms with van der Waals surface area (Å²) in [4.78, 5) is 15.7. The van der Waals surface area contributed by atoms with Crippen LogP contribution >= 0.6 is 11.6 Å². The van der Waals surface area contributed by atoms with Gasteiger partial charge in [-0.15, -0.1) is 0 Å². The van der Waals surface area contributed by atoms with Crippen LogP contribution in [0.4, 0.5) is 5.69 Å². The second-order valence-electron chi connectivity index (χ2n) is 3.33. The van der Waals surface area contributed by atoms with Crippen LogP contribution in [0.1, 0.15) is 10.4 Å². The number of nitrogens with one attached hydrogen (secondary N) is 1. The second kappa shape index (κ2) is 4.84. The third-order valence-electron chi connectivity index (χ3n) is 2.16. The van der Waals surface area contributed by atoms with Gasteiger partial charge in [0.05, 0.1) is 16.3 Å². The molecule has 2 rings (SSSR count). The van der Waals surface area contributed by atoms with Gasteiger partial charge in [0.15, 0.2) is 0 Å². The molecule has 0 radical (unpaired) electrons. The number of benzene rings is 1. The molecule has 1 amide bonds. The number of halogens is 1. The van der Waals surface area contributed by atoms with Crippen LogP contribution in [0, 0.1) is 0 Å². The Hall–Kier alpha value is -2.07. The number of phenolic OH excluding ortho intramolecular Hbond substituents is 1. The smallest absolute Gasteiger partial charge is 0.258 e. The van der Waals surface area contributed by atoms with Gasteiger partial charge in [-0.05, 0) is 18.2 Å². The highest BCUT2D eigenvalue weighted by Gasteiger charge is 2.11. The number of carbonyl (C=O) groups excluding carboxylic acids is 1. The second-order valence-corrected chi connectivity index (χ2v) is 3.73. The van der Waals surface area contributed by atoms with Crippen LogP contribution in [-0.2, 0) is 0 Å². The molecule has 5 heteroatoms. The lowest BCUT2D eigenvalue weighted by Crippen LogP contribution is -2.12. The number of aromatic nitrogens is 1. The lowest BCUT2D eigenvalue weighted by molar-refractivity contribution is 0.102. The molecule has 86 valence electrons. The summed E-state index contributed by atoms with van der Waals surface area (Å²) < 4.78 is 0. The van der Waals surface area contributed by atoms with E-state index >= 15 is 0 Å². The van der Waals surface area contributed by atoms with Crippen molar-refractivity contribution in [3.8, 4) is 5.75 Å². The van der Waals surface area contributed by atoms with E-state index < -0.39 is 5.91 Å². The van der Waals surface area contributed by atoms with Gasteiger partial charge in [-0.25, -0.2) is 0 Å². The molecule has 0 saturated carbocycles. The number of aromatic hydroxyl groups is 1. The first-order valence-corrected chi connectivity index (χ1v) is 5.25. The standard InChI is InChI=1S/C12H9ClN2O2/c13-9-5-6-14-7-8(9)12(17)15-10-3-1-2-4-11(10)16/h1-7,16H,(H,15,17). The third kappa shape index (κ3) is 2.54. The lowest BCUT2D eigenvalue weighted by atomic mass is 10.2. The SMILES string of the molecule is O=C(Nc1ccccc1O)c1cnccc1Cl. The summed E-state index contributed by atoms with van der Waals surface area (Å²) in [6, 6.07) is 7.99. The number of hydrogen-bond acceptors (Lipinski definition) is 3. The number of carbonyl (C=O) groups is 1. The fourth-order valence-electron chi connectivity index (χ4n) is 1.31. The van der Waals surface area contributed by atoms with Crippen LogP contribution < -0.4 is 5.32 Å². The molecule has 0 aliphatic rings. The topological polar surface area (TPSA) is 62.2 Å². The number of amides is 1. The molecule has 1 heterocycles. The van der Waals surface area contributed by atoms with Crippen molar-refractivity contribution in [2.45, 2.75) is 0 Å². The van der Waals surface area contributed by atoms with Crippen LogP contribution in [-0.4, -0.2) is 16.0 Å². The number of anilines is 1. The normalized spacial score (nSPS) is 9.94. The number of hydrogen-bond donors (Lipinski definition) is 2. The number of rotatable bonds is 2. The molecule has 17 heavy (non-hydrogen) atoms. The first-order valence-electron chi connectivity index (χ1n) is 4.87. The van der Waals surface area contributed by atoms with Gasteiger partial charge in [0.25, 0.3) is 5.91 Å². The fourth-order valence-corrected chi connectivity index (χ4v) is 1.50. The van der Waals surface area contributed by atoms with Crippen LogP contribution in [0.5, 0.6) is 5.75 Å². The zero-order valence-corrected chi connectivity index (χ0v) is 9.48. The average Bonchev–Trinajstić information content (AvgIpc) is 2.32. The highest BCUT2D eigenvalue weighted by Crippen LogP contribution is 2.23. The van der Waals surface area contributed by atoms with Crippen LogP contribution in [0.15, 0.2) is 42.7 Å². The molecule has 0 spiro atoms. The van der Waals surface area contributed by atoms with Crippen molar-refractivity contribution in [3.63, 3.8) is 0 Å². The summed E-state index contributed by atoms with van der Waals surface area (Å²) in [5.41, 5.74) is 0.592. The summed E-state index contributed by atoms with van der Waals surface area (Å²) in [6.45, 7) is 0. The fraction of sp³-hybridized carbons (Fsp3) is 0. The van der Waals surface area contributed by atoms with Crippen LogP contribution in [0.2, 0.25) is 5.02 Å². The third-order valence-corrected chi connectivity index (χ3v) is 2.49. The van der Waals surface area contributed by atoms with Crippen molar-refractivity contribution < 1.29 is 9.90 Å². The van der Waals surface area contributed by atoms with Gasteiger partial charge >= 0.3 is 0 Å². The van der Waals surface area contributed by atoms with Gasteiger partial charge in [0.2, 0.25) is 0 Å². The van der Waals surface area contributed by atoms with E-state index in [4.69, 9.17) is 11.6 Å². The summed E-state index contributed by atoms with van der Waals surface area (Å²) in [6.07, 6.45) is 2.87. The Morgan fingerprint density at radius 1 is 1.29 bits per heavy atom. The Morgan fingerprint density at radius 2 is 2.06 bits per heavy atom. The molecule has 0 bridgehead atoms. The van der Waals surface area contributed by atoms with E-state index in [-0.39, 0.29) is 11.3 Å². The summed E-state index contributed by atoms with van der Waals surface area (Å²) >= 11 is 5.86.